The lowest BCUT2D eigenvalue weighted by Gasteiger charge is -2.12. The molecule has 0 N–H and O–H groups in total. The highest BCUT2D eigenvalue weighted by Gasteiger charge is 2.25. The summed E-state index contributed by atoms with van der Waals surface area (Å²) in [6.45, 7) is 8.49. The van der Waals surface area contributed by atoms with Gasteiger partial charge in [0.1, 0.15) is 10.7 Å². The number of halogens is 2. The lowest BCUT2D eigenvalue weighted by molar-refractivity contribution is 0.578. The van der Waals surface area contributed by atoms with E-state index in [0.717, 1.165) is 42.7 Å². The number of hydrogen-bond donors (Lipinski definition) is 0. The standard InChI is InChI=1S/C22H20BrClN4S/c1-13-18(20-25-26-21(29-20)22(2,3)4)27-28(17-8-6-5-7-16(17)24)19(13)14-9-11-15(23)12-10-14/h5-12H,1-4H3. The van der Waals surface area contributed by atoms with E-state index >= 15 is 0 Å². The second-order valence-corrected chi connectivity index (χ2v) is 10.2. The topological polar surface area (TPSA) is 43.6 Å². The maximum absolute atomic E-state index is 6.52. The Morgan fingerprint density at radius 2 is 1.69 bits per heavy atom. The Bertz CT molecular complexity index is 1170. The molecule has 2 aromatic carbocycles. The molecule has 148 valence electrons. The Balaban J connectivity index is 1.95. The molecule has 0 saturated heterocycles. The zero-order valence-electron chi connectivity index (χ0n) is 16.6. The first-order valence-electron chi connectivity index (χ1n) is 9.20. The molecule has 29 heavy (non-hydrogen) atoms. The summed E-state index contributed by atoms with van der Waals surface area (Å²) in [5.41, 5.74) is 4.71. The van der Waals surface area contributed by atoms with Crippen LogP contribution in [0.5, 0.6) is 0 Å². The molecule has 2 heterocycles. The first-order chi connectivity index (χ1) is 13.8. The molecule has 4 aromatic rings. The van der Waals surface area contributed by atoms with Crippen LogP contribution < -0.4 is 0 Å². The minimum atomic E-state index is -0.0519. The third-order valence-corrected chi connectivity index (χ3v) is 6.79. The highest BCUT2D eigenvalue weighted by Crippen LogP contribution is 2.38. The third-order valence-electron chi connectivity index (χ3n) is 4.59. The van der Waals surface area contributed by atoms with Gasteiger partial charge in [0.2, 0.25) is 0 Å². The minimum Gasteiger partial charge on any atom is -0.231 e. The van der Waals surface area contributed by atoms with E-state index in [1.165, 1.54) is 0 Å². The van der Waals surface area contributed by atoms with Crippen LogP contribution in [0, 0.1) is 6.92 Å². The van der Waals surface area contributed by atoms with Crippen LogP contribution in [-0.2, 0) is 5.41 Å². The molecule has 0 radical (unpaired) electrons. The third kappa shape index (κ3) is 3.89. The predicted molar refractivity (Wildman–Crippen MR) is 124 cm³/mol. The average Bonchev–Trinajstić information content (AvgIpc) is 3.28. The van der Waals surface area contributed by atoms with Gasteiger partial charge >= 0.3 is 0 Å². The number of nitrogens with zero attached hydrogens (tertiary/aromatic N) is 4. The van der Waals surface area contributed by atoms with Gasteiger partial charge in [-0.05, 0) is 31.2 Å². The zero-order valence-corrected chi connectivity index (χ0v) is 19.7. The first-order valence-corrected chi connectivity index (χ1v) is 11.2. The zero-order chi connectivity index (χ0) is 20.8. The molecule has 7 heteroatoms. The van der Waals surface area contributed by atoms with E-state index in [4.69, 9.17) is 16.7 Å². The summed E-state index contributed by atoms with van der Waals surface area (Å²) < 4.78 is 2.94. The molecule has 2 aromatic heterocycles. The van der Waals surface area contributed by atoms with Crippen LogP contribution in [0.15, 0.2) is 53.0 Å². The summed E-state index contributed by atoms with van der Waals surface area (Å²) in [5.74, 6) is 0. The van der Waals surface area contributed by atoms with Crippen LogP contribution in [0.25, 0.3) is 27.6 Å². The fourth-order valence-electron chi connectivity index (χ4n) is 3.07. The summed E-state index contributed by atoms with van der Waals surface area (Å²) >= 11 is 11.6. The fourth-order valence-corrected chi connectivity index (χ4v) is 4.49. The average molecular weight is 488 g/mol. The molecule has 0 fully saturated rings. The van der Waals surface area contributed by atoms with Crippen molar-refractivity contribution in [3.63, 3.8) is 0 Å². The predicted octanol–water partition coefficient (Wildman–Crippen LogP) is 7.08. The van der Waals surface area contributed by atoms with Crippen LogP contribution in [-0.4, -0.2) is 20.0 Å². The van der Waals surface area contributed by atoms with Gasteiger partial charge in [0.05, 0.1) is 16.4 Å². The molecule has 0 amide bonds. The lowest BCUT2D eigenvalue weighted by Crippen LogP contribution is -2.10. The number of hydrogen-bond acceptors (Lipinski definition) is 4. The quantitative estimate of drug-likeness (QED) is 0.310. The van der Waals surface area contributed by atoms with E-state index in [-0.39, 0.29) is 5.41 Å². The maximum Gasteiger partial charge on any atom is 0.168 e. The molecule has 0 spiro atoms. The van der Waals surface area contributed by atoms with E-state index in [1.54, 1.807) is 11.3 Å². The van der Waals surface area contributed by atoms with Gasteiger partial charge in [-0.2, -0.15) is 5.10 Å². The van der Waals surface area contributed by atoms with Crippen molar-refractivity contribution >= 4 is 38.9 Å². The van der Waals surface area contributed by atoms with Gasteiger partial charge in [0, 0.05) is 21.0 Å². The van der Waals surface area contributed by atoms with Gasteiger partial charge in [-0.25, -0.2) is 4.68 Å². The second-order valence-electron chi connectivity index (χ2n) is 7.85. The number of rotatable bonds is 3. The van der Waals surface area contributed by atoms with E-state index in [2.05, 4.69) is 66.0 Å². The summed E-state index contributed by atoms with van der Waals surface area (Å²) in [6, 6.07) is 15.9. The van der Waals surface area contributed by atoms with E-state index in [0.29, 0.717) is 5.02 Å². The molecule has 4 rings (SSSR count). The van der Waals surface area contributed by atoms with Crippen molar-refractivity contribution in [3.8, 4) is 27.6 Å². The van der Waals surface area contributed by atoms with Gasteiger partial charge in [-0.15, -0.1) is 10.2 Å². The van der Waals surface area contributed by atoms with Crippen LogP contribution in [0.3, 0.4) is 0 Å². The van der Waals surface area contributed by atoms with Gasteiger partial charge < -0.3 is 0 Å². The summed E-state index contributed by atoms with van der Waals surface area (Å²) in [5, 5.41) is 16.2. The Kier molecular flexibility index (Phi) is 5.36. The number of aromatic nitrogens is 4. The fraction of sp³-hybridized carbons (Fsp3) is 0.227. The molecule has 0 aliphatic rings. The first kappa shape index (κ1) is 20.3. The molecule has 0 unspecified atom stereocenters. The molecule has 0 aliphatic carbocycles. The molecular weight excluding hydrogens is 468 g/mol. The van der Waals surface area contributed by atoms with Crippen LogP contribution in [0.1, 0.15) is 31.3 Å². The normalized spacial score (nSPS) is 11.8. The van der Waals surface area contributed by atoms with Crippen molar-refractivity contribution in [3.05, 3.63) is 68.6 Å². The van der Waals surface area contributed by atoms with E-state index in [9.17, 15) is 0 Å². The molecule has 0 bridgehead atoms. The van der Waals surface area contributed by atoms with Gasteiger partial charge in [-0.1, -0.05) is 83.9 Å². The maximum atomic E-state index is 6.52. The Labute approximate surface area is 187 Å². The van der Waals surface area contributed by atoms with Crippen LogP contribution >= 0.6 is 38.9 Å². The number of benzene rings is 2. The second kappa shape index (κ2) is 7.67. The van der Waals surface area contributed by atoms with Crippen molar-refractivity contribution in [2.45, 2.75) is 33.1 Å². The minimum absolute atomic E-state index is 0.0519. The Hall–Kier alpha value is -2.02. The lowest BCUT2D eigenvalue weighted by atomic mass is 9.98. The summed E-state index contributed by atoms with van der Waals surface area (Å²) in [7, 11) is 0. The van der Waals surface area contributed by atoms with Gasteiger partial charge in [-0.3, -0.25) is 0 Å². The summed E-state index contributed by atoms with van der Waals surface area (Å²) in [6.07, 6.45) is 0. The SMILES string of the molecule is Cc1c(-c2nnc(C(C)(C)C)s2)nn(-c2ccccc2Cl)c1-c1ccc(Br)cc1. The van der Waals surface area contributed by atoms with Crippen molar-refractivity contribution in [1.82, 2.24) is 20.0 Å². The molecule has 0 saturated carbocycles. The van der Waals surface area contributed by atoms with E-state index < -0.39 is 0 Å². The van der Waals surface area contributed by atoms with Crippen molar-refractivity contribution < 1.29 is 0 Å². The smallest absolute Gasteiger partial charge is 0.168 e. The van der Waals surface area contributed by atoms with E-state index in [1.807, 2.05) is 41.1 Å². The highest BCUT2D eigenvalue weighted by molar-refractivity contribution is 9.10. The highest BCUT2D eigenvalue weighted by atomic mass is 79.9. The van der Waals surface area contributed by atoms with Crippen molar-refractivity contribution in [2.24, 2.45) is 0 Å². The van der Waals surface area contributed by atoms with Gasteiger partial charge in [0.15, 0.2) is 5.01 Å². The molecule has 0 atom stereocenters. The van der Waals surface area contributed by atoms with Crippen molar-refractivity contribution in [1.29, 1.82) is 0 Å². The Morgan fingerprint density at radius 1 is 1.00 bits per heavy atom. The van der Waals surface area contributed by atoms with Crippen molar-refractivity contribution in [2.75, 3.05) is 0 Å². The molecular formula is C22H20BrClN4S. The Morgan fingerprint density at radius 3 is 2.31 bits per heavy atom. The largest absolute Gasteiger partial charge is 0.231 e. The number of para-hydroxylation sites is 1. The van der Waals surface area contributed by atoms with Crippen LogP contribution in [0.4, 0.5) is 0 Å². The summed E-state index contributed by atoms with van der Waals surface area (Å²) in [4.78, 5) is 0. The molecule has 4 nitrogen and oxygen atoms in total. The van der Waals surface area contributed by atoms with Gasteiger partial charge in [0.25, 0.3) is 0 Å². The monoisotopic (exact) mass is 486 g/mol. The van der Waals surface area contributed by atoms with Crippen LogP contribution in [0.2, 0.25) is 5.02 Å². The molecule has 0 aliphatic heterocycles.